The highest BCUT2D eigenvalue weighted by atomic mass is 16.5. The Labute approximate surface area is 141 Å². The summed E-state index contributed by atoms with van der Waals surface area (Å²) in [6.45, 7) is 1.42. The Bertz CT molecular complexity index is 671. The summed E-state index contributed by atoms with van der Waals surface area (Å²) in [5, 5.41) is 10.3. The van der Waals surface area contributed by atoms with E-state index in [2.05, 4.69) is 0 Å². The number of carbonyl (C=O) groups excluding carboxylic acids is 2. The molecule has 0 saturated heterocycles. The van der Waals surface area contributed by atoms with E-state index in [9.17, 15) is 14.7 Å². The molecule has 1 atom stereocenters. The van der Waals surface area contributed by atoms with Gasteiger partial charge in [0.15, 0.2) is 11.5 Å². The van der Waals surface area contributed by atoms with Crippen molar-refractivity contribution >= 4 is 17.4 Å². The number of hydrogen-bond donors (Lipinski definition) is 1. The molecule has 24 heavy (non-hydrogen) atoms. The lowest BCUT2D eigenvalue weighted by atomic mass is 9.80. The number of nitrogens with zero attached hydrogens (tertiary/aromatic N) is 1. The van der Waals surface area contributed by atoms with Crippen LogP contribution in [0.25, 0.3) is 0 Å². The summed E-state index contributed by atoms with van der Waals surface area (Å²) in [7, 11) is 1.59. The minimum atomic E-state index is -0.485. The van der Waals surface area contributed by atoms with Gasteiger partial charge < -0.3 is 9.84 Å². The average molecular weight is 329 g/mol. The molecule has 0 aromatic heterocycles. The minimum absolute atomic E-state index is 0.202. The molecule has 3 rings (SSSR count). The second kappa shape index (κ2) is 6.67. The minimum Gasteiger partial charge on any atom is -0.503 e. The Hall–Kier alpha value is -2.30. The highest BCUT2D eigenvalue weighted by molar-refractivity contribution is 6.16. The van der Waals surface area contributed by atoms with E-state index in [0.717, 1.165) is 25.7 Å². The van der Waals surface area contributed by atoms with Crippen LogP contribution in [0.15, 0.2) is 35.6 Å². The monoisotopic (exact) mass is 329 g/mol. The standard InChI is InChI=1S/C19H23NO4/c1-12(21)16-17(13-6-4-3-5-7-13)20(19(23)18(16)22)14-8-10-15(24-2)11-9-14/h8-11,13,17,22H,3-7H2,1-2H3. The van der Waals surface area contributed by atoms with Gasteiger partial charge in [-0.15, -0.1) is 0 Å². The Morgan fingerprint density at radius 1 is 1.17 bits per heavy atom. The number of methoxy groups -OCH3 is 1. The Morgan fingerprint density at radius 2 is 1.79 bits per heavy atom. The summed E-state index contributed by atoms with van der Waals surface area (Å²) in [5.41, 5.74) is 0.946. The Morgan fingerprint density at radius 3 is 2.33 bits per heavy atom. The van der Waals surface area contributed by atoms with Crippen molar-refractivity contribution in [2.75, 3.05) is 12.0 Å². The fraction of sp³-hybridized carbons (Fsp3) is 0.474. The molecular weight excluding hydrogens is 306 g/mol. The number of rotatable bonds is 4. The number of ketones is 1. The molecule has 1 unspecified atom stereocenters. The Kier molecular flexibility index (Phi) is 4.60. The molecule has 1 N–H and O–H groups in total. The first kappa shape index (κ1) is 16.6. The zero-order valence-corrected chi connectivity index (χ0v) is 14.1. The van der Waals surface area contributed by atoms with Gasteiger partial charge in [-0.2, -0.15) is 0 Å². The molecule has 5 nitrogen and oxygen atoms in total. The smallest absolute Gasteiger partial charge is 0.294 e. The first-order valence-electron chi connectivity index (χ1n) is 8.46. The SMILES string of the molecule is COc1ccc(N2C(=O)C(O)=C(C(C)=O)C2C2CCCCC2)cc1. The van der Waals surface area contributed by atoms with E-state index in [1.165, 1.54) is 13.3 Å². The molecular formula is C19H23NO4. The van der Waals surface area contributed by atoms with E-state index in [0.29, 0.717) is 11.4 Å². The number of carbonyl (C=O) groups is 2. The predicted octanol–water partition coefficient (Wildman–Crippen LogP) is 3.39. The lowest BCUT2D eigenvalue weighted by Crippen LogP contribution is -2.42. The van der Waals surface area contributed by atoms with Crippen LogP contribution in [0.5, 0.6) is 5.75 Å². The topological polar surface area (TPSA) is 66.8 Å². The third kappa shape index (κ3) is 2.79. The number of hydrogen-bond acceptors (Lipinski definition) is 4. The maximum atomic E-state index is 12.7. The molecule has 2 aliphatic rings. The predicted molar refractivity (Wildman–Crippen MR) is 91.2 cm³/mol. The van der Waals surface area contributed by atoms with Gasteiger partial charge in [0.2, 0.25) is 0 Å². The number of aliphatic hydroxyl groups excluding tert-OH is 1. The lowest BCUT2D eigenvalue weighted by molar-refractivity contribution is -0.117. The average Bonchev–Trinajstić information content (AvgIpc) is 2.87. The van der Waals surface area contributed by atoms with Gasteiger partial charge >= 0.3 is 0 Å². The van der Waals surface area contributed by atoms with Crippen molar-refractivity contribution in [3.63, 3.8) is 0 Å². The third-order valence-corrected chi connectivity index (χ3v) is 5.08. The highest BCUT2D eigenvalue weighted by Gasteiger charge is 2.46. The second-order valence-corrected chi connectivity index (χ2v) is 6.53. The van der Waals surface area contributed by atoms with E-state index >= 15 is 0 Å². The van der Waals surface area contributed by atoms with Crippen LogP contribution in [0.2, 0.25) is 0 Å². The van der Waals surface area contributed by atoms with Crippen molar-refractivity contribution in [1.82, 2.24) is 0 Å². The maximum absolute atomic E-state index is 12.7. The van der Waals surface area contributed by atoms with Crippen LogP contribution in [-0.4, -0.2) is 29.9 Å². The van der Waals surface area contributed by atoms with E-state index in [1.807, 2.05) is 0 Å². The first-order chi connectivity index (χ1) is 11.5. The number of Topliss-reactive ketones (excluding diaryl/α,β-unsaturated/α-hetero) is 1. The second-order valence-electron chi connectivity index (χ2n) is 6.53. The number of anilines is 1. The molecule has 1 fully saturated rings. The van der Waals surface area contributed by atoms with Gasteiger partial charge in [0.1, 0.15) is 5.75 Å². The van der Waals surface area contributed by atoms with Gasteiger partial charge in [-0.1, -0.05) is 19.3 Å². The lowest BCUT2D eigenvalue weighted by Gasteiger charge is -2.35. The summed E-state index contributed by atoms with van der Waals surface area (Å²) in [5.74, 6) is -0.209. The van der Waals surface area contributed by atoms with Crippen molar-refractivity contribution in [3.8, 4) is 5.75 Å². The Balaban J connectivity index is 2.01. The van der Waals surface area contributed by atoms with E-state index < -0.39 is 11.7 Å². The molecule has 1 saturated carbocycles. The molecule has 1 amide bonds. The summed E-state index contributed by atoms with van der Waals surface area (Å²) in [4.78, 5) is 26.4. The van der Waals surface area contributed by atoms with Gasteiger partial charge in [-0.3, -0.25) is 14.5 Å². The molecule has 0 bridgehead atoms. The van der Waals surface area contributed by atoms with Crippen molar-refractivity contribution < 1.29 is 19.4 Å². The van der Waals surface area contributed by atoms with Gasteiger partial charge in [0, 0.05) is 5.69 Å². The van der Waals surface area contributed by atoms with Crippen molar-refractivity contribution in [2.45, 2.75) is 45.1 Å². The first-order valence-corrected chi connectivity index (χ1v) is 8.46. The molecule has 0 spiro atoms. The van der Waals surface area contributed by atoms with Crippen LogP contribution < -0.4 is 9.64 Å². The molecule has 1 aliphatic heterocycles. The molecule has 1 aromatic carbocycles. The van der Waals surface area contributed by atoms with Crippen LogP contribution in [0.3, 0.4) is 0 Å². The van der Waals surface area contributed by atoms with Gasteiger partial charge in [0.25, 0.3) is 5.91 Å². The summed E-state index contributed by atoms with van der Waals surface area (Å²) < 4.78 is 5.16. The fourth-order valence-corrected chi connectivity index (χ4v) is 3.92. The zero-order valence-electron chi connectivity index (χ0n) is 14.1. The van der Waals surface area contributed by atoms with E-state index in [1.54, 1.807) is 36.3 Å². The zero-order chi connectivity index (χ0) is 17.3. The van der Waals surface area contributed by atoms with Crippen molar-refractivity contribution in [2.24, 2.45) is 5.92 Å². The molecule has 128 valence electrons. The van der Waals surface area contributed by atoms with Crippen LogP contribution in [-0.2, 0) is 9.59 Å². The maximum Gasteiger partial charge on any atom is 0.294 e. The third-order valence-electron chi connectivity index (χ3n) is 5.08. The summed E-state index contributed by atoms with van der Waals surface area (Å²) >= 11 is 0. The number of benzene rings is 1. The fourth-order valence-electron chi connectivity index (χ4n) is 3.92. The van der Waals surface area contributed by atoms with E-state index in [4.69, 9.17) is 4.74 Å². The van der Waals surface area contributed by atoms with Gasteiger partial charge in [-0.05, 0) is 49.9 Å². The van der Waals surface area contributed by atoms with Crippen LogP contribution in [0.1, 0.15) is 39.0 Å². The summed E-state index contributed by atoms with van der Waals surface area (Å²) in [6, 6.07) is 6.78. The van der Waals surface area contributed by atoms with Crippen molar-refractivity contribution in [1.29, 1.82) is 0 Å². The number of amides is 1. The van der Waals surface area contributed by atoms with Crippen LogP contribution in [0.4, 0.5) is 5.69 Å². The highest BCUT2D eigenvalue weighted by Crippen LogP contribution is 2.40. The molecule has 1 aromatic rings. The van der Waals surface area contributed by atoms with Gasteiger partial charge in [-0.25, -0.2) is 0 Å². The molecule has 0 radical (unpaired) electrons. The largest absolute Gasteiger partial charge is 0.503 e. The quantitative estimate of drug-likeness (QED) is 0.919. The summed E-state index contributed by atoms with van der Waals surface area (Å²) in [6.07, 6.45) is 5.31. The molecule has 1 heterocycles. The molecule has 1 aliphatic carbocycles. The van der Waals surface area contributed by atoms with E-state index in [-0.39, 0.29) is 23.3 Å². The normalized spacial score (nSPS) is 22.2. The molecule has 5 heteroatoms. The van der Waals surface area contributed by atoms with Crippen LogP contribution >= 0.6 is 0 Å². The number of ether oxygens (including phenoxy) is 1. The van der Waals surface area contributed by atoms with Crippen molar-refractivity contribution in [3.05, 3.63) is 35.6 Å². The van der Waals surface area contributed by atoms with Gasteiger partial charge in [0.05, 0.1) is 18.7 Å². The van der Waals surface area contributed by atoms with Crippen LogP contribution in [0, 0.1) is 5.92 Å². The number of aliphatic hydroxyl groups is 1.